The number of carbonyl (C=O) groups is 3. The summed E-state index contributed by atoms with van der Waals surface area (Å²) in [6, 6.07) is 7.55. The first kappa shape index (κ1) is 29.3. The molecule has 1 aromatic heterocycles. The first-order chi connectivity index (χ1) is 17.9. The number of aryl methyl sites for hydroxylation is 2. The zero-order valence-corrected chi connectivity index (χ0v) is 23.1. The Bertz CT molecular complexity index is 1250. The van der Waals surface area contributed by atoms with E-state index in [2.05, 4.69) is 15.6 Å². The maximum atomic E-state index is 13.3. The van der Waals surface area contributed by atoms with E-state index in [0.717, 1.165) is 18.4 Å². The van der Waals surface area contributed by atoms with Gasteiger partial charge in [0.25, 0.3) is 5.91 Å². The number of aliphatic carboxylic acids is 1. The van der Waals surface area contributed by atoms with Crippen molar-refractivity contribution in [1.29, 1.82) is 0 Å². The van der Waals surface area contributed by atoms with Crippen LogP contribution in [-0.2, 0) is 25.8 Å². The Balaban J connectivity index is 1.63. The van der Waals surface area contributed by atoms with Crippen LogP contribution in [0.2, 0.25) is 0 Å². The molecule has 1 unspecified atom stereocenters. The predicted octanol–water partition coefficient (Wildman–Crippen LogP) is 3.84. The number of hydrogen-bond donors (Lipinski definition) is 3. The second-order valence-corrected chi connectivity index (χ2v) is 12.6. The molecule has 1 aromatic carbocycles. The van der Waals surface area contributed by atoms with E-state index in [4.69, 9.17) is 0 Å². The Morgan fingerprint density at radius 3 is 2.29 bits per heavy atom. The zero-order chi connectivity index (χ0) is 27.9. The molecule has 206 valence electrons. The van der Waals surface area contributed by atoms with Crippen LogP contribution >= 0.6 is 0 Å². The minimum atomic E-state index is -3.06. The molecular weight excluding hydrogens is 506 g/mol. The molecule has 1 atom stereocenters. The van der Waals surface area contributed by atoms with Crippen molar-refractivity contribution in [2.45, 2.75) is 71.3 Å². The number of nitrogens with zero attached hydrogens (tertiary/aromatic N) is 1. The summed E-state index contributed by atoms with van der Waals surface area (Å²) in [5.74, 6) is -1.58. The fourth-order valence-corrected chi connectivity index (χ4v) is 5.90. The van der Waals surface area contributed by atoms with E-state index in [1.54, 1.807) is 43.5 Å². The lowest BCUT2D eigenvalue weighted by Crippen LogP contribution is -2.48. The van der Waals surface area contributed by atoms with E-state index in [1.165, 1.54) is 6.26 Å². The molecule has 9 nitrogen and oxygen atoms in total. The van der Waals surface area contributed by atoms with Crippen LogP contribution in [0.25, 0.3) is 0 Å². The number of benzene rings is 1. The first-order valence-electron chi connectivity index (χ1n) is 12.9. The summed E-state index contributed by atoms with van der Waals surface area (Å²) >= 11 is 0. The van der Waals surface area contributed by atoms with Crippen molar-refractivity contribution < 1.29 is 27.9 Å². The van der Waals surface area contributed by atoms with Crippen molar-refractivity contribution >= 4 is 33.3 Å². The van der Waals surface area contributed by atoms with E-state index in [9.17, 15) is 27.9 Å². The number of sulfone groups is 1. The molecule has 10 heteroatoms. The maximum absolute atomic E-state index is 13.3. The standard InChI is InChI=1S/C28H37N3O6S/c1-19-12-16-29-20(2)24(19)25(32)30-22-10-8-21(9-11-22)18-23(26(33)34)31-27(35)28(13-4-5-14-28)15-6-7-17-38(3,36)37/h8-12,16,23H,4-7,13-15,17-18H2,1-3H3,(H,30,32)(H,31,35)(H,33,34). The van der Waals surface area contributed by atoms with E-state index in [-0.39, 0.29) is 24.0 Å². The number of nitrogens with one attached hydrogen (secondary N) is 2. The summed E-state index contributed by atoms with van der Waals surface area (Å²) in [5.41, 5.74) is 2.59. The summed E-state index contributed by atoms with van der Waals surface area (Å²) in [7, 11) is -3.06. The van der Waals surface area contributed by atoms with Gasteiger partial charge in [-0.3, -0.25) is 14.6 Å². The summed E-state index contributed by atoms with van der Waals surface area (Å²) < 4.78 is 22.9. The molecule has 1 aliphatic carbocycles. The Morgan fingerprint density at radius 1 is 1.05 bits per heavy atom. The normalized spacial score (nSPS) is 15.6. The van der Waals surface area contributed by atoms with Gasteiger partial charge in [0.15, 0.2) is 0 Å². The van der Waals surface area contributed by atoms with Gasteiger partial charge in [-0.1, -0.05) is 31.4 Å². The fraction of sp³-hybridized carbons (Fsp3) is 0.500. The number of hydrogen-bond acceptors (Lipinski definition) is 6. The second-order valence-electron chi connectivity index (χ2n) is 10.4. The molecule has 1 fully saturated rings. The first-order valence-corrected chi connectivity index (χ1v) is 15.0. The van der Waals surface area contributed by atoms with Gasteiger partial charge in [0.2, 0.25) is 5.91 Å². The third-order valence-corrected chi connectivity index (χ3v) is 8.32. The van der Waals surface area contributed by atoms with Crippen LogP contribution in [0.3, 0.4) is 0 Å². The Labute approximate surface area is 224 Å². The molecule has 1 saturated carbocycles. The van der Waals surface area contributed by atoms with Gasteiger partial charge in [-0.2, -0.15) is 0 Å². The van der Waals surface area contributed by atoms with Crippen molar-refractivity contribution in [3.05, 3.63) is 58.9 Å². The van der Waals surface area contributed by atoms with Crippen LogP contribution in [0, 0.1) is 19.3 Å². The van der Waals surface area contributed by atoms with Crippen molar-refractivity contribution in [3.63, 3.8) is 0 Å². The van der Waals surface area contributed by atoms with Crippen LogP contribution in [-0.4, -0.2) is 54.3 Å². The Hall–Kier alpha value is -3.27. The highest BCUT2D eigenvalue weighted by Crippen LogP contribution is 2.42. The number of carboxylic acids is 1. The average Bonchev–Trinajstić information content (AvgIpc) is 3.32. The molecule has 3 N–H and O–H groups in total. The average molecular weight is 544 g/mol. The smallest absolute Gasteiger partial charge is 0.326 e. The van der Waals surface area contributed by atoms with Gasteiger partial charge in [0.1, 0.15) is 15.9 Å². The Kier molecular flexibility index (Phi) is 9.65. The molecular formula is C28H37N3O6S. The van der Waals surface area contributed by atoms with Crippen molar-refractivity contribution in [2.24, 2.45) is 5.41 Å². The number of rotatable bonds is 12. The Morgan fingerprint density at radius 2 is 1.71 bits per heavy atom. The summed E-state index contributed by atoms with van der Waals surface area (Å²) in [5, 5.41) is 15.4. The number of amides is 2. The lowest BCUT2D eigenvalue weighted by atomic mass is 9.80. The van der Waals surface area contributed by atoms with Crippen molar-refractivity contribution in [3.8, 4) is 0 Å². The SMILES string of the molecule is Cc1ccnc(C)c1C(=O)Nc1ccc(CC(NC(=O)C2(CCCCS(C)(=O)=O)CCCC2)C(=O)O)cc1. The topological polar surface area (TPSA) is 143 Å². The van der Waals surface area contributed by atoms with Gasteiger partial charge >= 0.3 is 5.97 Å². The lowest BCUT2D eigenvalue weighted by molar-refractivity contribution is -0.144. The minimum Gasteiger partial charge on any atom is -0.480 e. The lowest BCUT2D eigenvalue weighted by Gasteiger charge is -2.29. The largest absolute Gasteiger partial charge is 0.480 e. The van der Waals surface area contributed by atoms with Gasteiger partial charge in [-0.15, -0.1) is 0 Å². The number of aromatic nitrogens is 1. The van der Waals surface area contributed by atoms with E-state index < -0.39 is 27.3 Å². The van der Waals surface area contributed by atoms with Crippen molar-refractivity contribution in [1.82, 2.24) is 10.3 Å². The summed E-state index contributed by atoms with van der Waals surface area (Å²) in [4.78, 5) is 42.2. The molecule has 2 amide bonds. The van der Waals surface area contributed by atoms with E-state index in [1.807, 2.05) is 6.92 Å². The van der Waals surface area contributed by atoms with Gasteiger partial charge in [-0.05, 0) is 68.9 Å². The zero-order valence-electron chi connectivity index (χ0n) is 22.2. The number of pyridine rings is 1. The predicted molar refractivity (Wildman–Crippen MR) is 146 cm³/mol. The highest BCUT2D eigenvalue weighted by atomic mass is 32.2. The number of carboxylic acid groups (broad SMARTS) is 1. The van der Waals surface area contributed by atoms with Gasteiger partial charge < -0.3 is 15.7 Å². The van der Waals surface area contributed by atoms with Gasteiger partial charge in [0.05, 0.1) is 11.3 Å². The number of anilines is 1. The third kappa shape index (κ3) is 7.86. The second kappa shape index (κ2) is 12.5. The number of carbonyl (C=O) groups excluding carboxylic acids is 2. The third-order valence-electron chi connectivity index (χ3n) is 7.29. The molecule has 0 bridgehead atoms. The fourth-order valence-electron chi connectivity index (χ4n) is 5.17. The molecule has 2 aromatic rings. The van der Waals surface area contributed by atoms with Crippen LogP contribution in [0.1, 0.15) is 72.1 Å². The molecule has 1 heterocycles. The molecule has 0 spiro atoms. The number of unbranched alkanes of at least 4 members (excludes halogenated alkanes) is 1. The molecule has 0 saturated heterocycles. The molecule has 0 radical (unpaired) electrons. The molecule has 1 aliphatic rings. The van der Waals surface area contributed by atoms with Crippen LogP contribution in [0.15, 0.2) is 36.5 Å². The quantitative estimate of drug-likeness (QED) is 0.345. The van der Waals surface area contributed by atoms with E-state index >= 15 is 0 Å². The highest BCUT2D eigenvalue weighted by molar-refractivity contribution is 7.90. The van der Waals surface area contributed by atoms with Crippen LogP contribution in [0.4, 0.5) is 5.69 Å². The van der Waals surface area contributed by atoms with Gasteiger partial charge in [-0.25, -0.2) is 13.2 Å². The highest BCUT2D eigenvalue weighted by Gasteiger charge is 2.41. The van der Waals surface area contributed by atoms with Crippen LogP contribution in [0.5, 0.6) is 0 Å². The summed E-state index contributed by atoms with van der Waals surface area (Å²) in [6.45, 7) is 3.62. The van der Waals surface area contributed by atoms with Crippen molar-refractivity contribution in [2.75, 3.05) is 17.3 Å². The molecule has 3 rings (SSSR count). The summed E-state index contributed by atoms with van der Waals surface area (Å²) in [6.07, 6.45) is 7.72. The molecule has 38 heavy (non-hydrogen) atoms. The van der Waals surface area contributed by atoms with Crippen LogP contribution < -0.4 is 10.6 Å². The van der Waals surface area contributed by atoms with E-state index in [0.29, 0.717) is 54.6 Å². The maximum Gasteiger partial charge on any atom is 0.326 e. The van der Waals surface area contributed by atoms with Gasteiger partial charge in [0, 0.05) is 35.7 Å². The minimum absolute atomic E-state index is 0.0837. The molecule has 0 aliphatic heterocycles. The monoisotopic (exact) mass is 543 g/mol.